The Bertz CT molecular complexity index is 1490. The highest BCUT2D eigenvalue weighted by Crippen LogP contribution is 2.37. The zero-order valence-corrected chi connectivity index (χ0v) is 21.8. The van der Waals surface area contributed by atoms with Crippen molar-refractivity contribution in [2.75, 3.05) is 0 Å². The highest BCUT2D eigenvalue weighted by atomic mass is 32.2. The summed E-state index contributed by atoms with van der Waals surface area (Å²) in [7, 11) is -7.87. The second-order valence-electron chi connectivity index (χ2n) is 9.10. The van der Waals surface area contributed by atoms with Crippen molar-refractivity contribution in [3.8, 4) is 6.07 Å². The molecule has 0 spiro atoms. The van der Waals surface area contributed by atoms with Gasteiger partial charge >= 0.3 is 0 Å². The van der Waals surface area contributed by atoms with Crippen molar-refractivity contribution in [1.29, 1.82) is 5.26 Å². The summed E-state index contributed by atoms with van der Waals surface area (Å²) in [6.07, 6.45) is 2.94. The van der Waals surface area contributed by atoms with E-state index < -0.39 is 37.1 Å². The largest absolute Gasteiger partial charge is 0.270 e. The summed E-state index contributed by atoms with van der Waals surface area (Å²) in [4.78, 5) is 0.269. The van der Waals surface area contributed by atoms with E-state index in [4.69, 9.17) is 0 Å². The molecule has 6 nitrogen and oxygen atoms in total. The normalized spacial score (nSPS) is 20.1. The summed E-state index contributed by atoms with van der Waals surface area (Å²) in [5.74, 6) is -0.772. The van der Waals surface area contributed by atoms with Crippen molar-refractivity contribution in [3.05, 3.63) is 108 Å². The van der Waals surface area contributed by atoms with Crippen LogP contribution < -0.4 is 0 Å². The minimum absolute atomic E-state index is 0.114. The lowest BCUT2D eigenvalue weighted by Crippen LogP contribution is -2.51. The minimum atomic E-state index is -4.00. The number of hydrogen-bond acceptors (Lipinski definition) is 5. The van der Waals surface area contributed by atoms with Gasteiger partial charge < -0.3 is 0 Å². The molecule has 8 heteroatoms. The Balaban J connectivity index is 1.85. The first kappa shape index (κ1) is 25.7. The van der Waals surface area contributed by atoms with Crippen LogP contribution in [0.25, 0.3) is 0 Å². The van der Waals surface area contributed by atoms with Crippen molar-refractivity contribution < 1.29 is 16.8 Å². The summed E-state index contributed by atoms with van der Waals surface area (Å²) in [6.45, 7) is 3.75. The van der Waals surface area contributed by atoms with Gasteiger partial charge in [0, 0.05) is 18.5 Å². The van der Waals surface area contributed by atoms with Crippen molar-refractivity contribution in [3.63, 3.8) is 0 Å². The smallest absolute Gasteiger partial charge is 0.264 e. The summed E-state index contributed by atoms with van der Waals surface area (Å²) < 4.78 is 56.2. The first-order chi connectivity index (χ1) is 17.1. The summed E-state index contributed by atoms with van der Waals surface area (Å²) >= 11 is 0. The van der Waals surface area contributed by atoms with Crippen LogP contribution in [0.5, 0.6) is 0 Å². The molecule has 0 N–H and O–H groups in total. The monoisotopic (exact) mass is 520 g/mol. The Morgan fingerprint density at radius 1 is 0.806 bits per heavy atom. The minimum Gasteiger partial charge on any atom is -0.270 e. The third kappa shape index (κ3) is 5.08. The van der Waals surface area contributed by atoms with Crippen LogP contribution in [0, 0.1) is 31.1 Å². The third-order valence-electron chi connectivity index (χ3n) is 6.58. The highest BCUT2D eigenvalue weighted by Gasteiger charge is 2.45. The molecule has 1 aliphatic heterocycles. The van der Waals surface area contributed by atoms with Gasteiger partial charge in [0.15, 0.2) is 9.84 Å². The summed E-state index contributed by atoms with van der Waals surface area (Å²) in [5.41, 5.74) is 2.71. The number of nitrogens with zero attached hydrogens (tertiary/aromatic N) is 2. The SMILES string of the molecule is Cc1ccc(S(=O)(=O)[C@H]2C=CN(S(=O)(=O)c3ccc(C)cc3)[C@@H](Cc3ccccc3)[C@@H]2CC#N)cc1. The van der Waals surface area contributed by atoms with Crippen LogP contribution in [0.4, 0.5) is 0 Å². The van der Waals surface area contributed by atoms with E-state index in [1.54, 1.807) is 48.5 Å². The number of rotatable bonds is 7. The van der Waals surface area contributed by atoms with Crippen molar-refractivity contribution in [2.45, 2.75) is 47.8 Å². The number of aryl methyl sites for hydroxylation is 2. The van der Waals surface area contributed by atoms with Gasteiger partial charge in [-0.1, -0.05) is 65.7 Å². The molecule has 0 aliphatic carbocycles. The average molecular weight is 521 g/mol. The molecule has 0 radical (unpaired) electrons. The molecule has 3 aromatic rings. The lowest BCUT2D eigenvalue weighted by molar-refractivity contribution is 0.270. The summed E-state index contributed by atoms with van der Waals surface area (Å²) in [5, 5.41) is 8.65. The van der Waals surface area contributed by atoms with Gasteiger partial charge in [0.2, 0.25) is 0 Å². The Kier molecular flexibility index (Phi) is 7.34. The van der Waals surface area contributed by atoms with E-state index in [9.17, 15) is 22.1 Å². The number of hydrogen-bond donors (Lipinski definition) is 0. The molecular weight excluding hydrogens is 492 g/mol. The zero-order valence-electron chi connectivity index (χ0n) is 20.2. The Labute approximate surface area is 213 Å². The van der Waals surface area contributed by atoms with E-state index >= 15 is 0 Å². The van der Waals surface area contributed by atoms with Crippen molar-refractivity contribution >= 4 is 19.9 Å². The van der Waals surface area contributed by atoms with Crippen LogP contribution in [0.1, 0.15) is 23.1 Å². The maximum Gasteiger partial charge on any atom is 0.264 e. The lowest BCUT2D eigenvalue weighted by atomic mass is 9.86. The van der Waals surface area contributed by atoms with E-state index in [0.29, 0.717) is 0 Å². The van der Waals surface area contributed by atoms with Gasteiger partial charge in [0.25, 0.3) is 10.0 Å². The second kappa shape index (κ2) is 10.3. The first-order valence-electron chi connectivity index (χ1n) is 11.6. The van der Waals surface area contributed by atoms with Gasteiger partial charge in [-0.3, -0.25) is 4.31 Å². The zero-order chi connectivity index (χ0) is 25.9. The molecule has 0 saturated heterocycles. The topological polar surface area (TPSA) is 95.3 Å². The second-order valence-corrected chi connectivity index (χ2v) is 13.0. The van der Waals surface area contributed by atoms with E-state index in [1.807, 2.05) is 44.2 Å². The maximum atomic E-state index is 13.8. The molecule has 0 fully saturated rings. The van der Waals surface area contributed by atoms with Crippen LogP contribution in [0.2, 0.25) is 0 Å². The number of benzene rings is 3. The van der Waals surface area contributed by atoms with E-state index in [0.717, 1.165) is 16.7 Å². The first-order valence-corrected chi connectivity index (χ1v) is 14.6. The van der Waals surface area contributed by atoms with Crippen LogP contribution in [0.15, 0.2) is 101 Å². The third-order valence-corrected chi connectivity index (χ3v) is 10.6. The van der Waals surface area contributed by atoms with Crippen LogP contribution in [-0.4, -0.2) is 32.4 Å². The molecular formula is C28H28N2O4S2. The number of sulfonamides is 1. The Hall–Kier alpha value is -3.41. The number of sulfone groups is 1. The Morgan fingerprint density at radius 2 is 1.36 bits per heavy atom. The molecule has 1 aliphatic rings. The van der Waals surface area contributed by atoms with Gasteiger partial charge in [0.05, 0.1) is 27.2 Å². The fourth-order valence-electron chi connectivity index (χ4n) is 4.59. The van der Waals surface area contributed by atoms with Crippen LogP contribution >= 0.6 is 0 Å². The van der Waals surface area contributed by atoms with Crippen LogP contribution in [-0.2, 0) is 26.3 Å². The summed E-state index contributed by atoms with van der Waals surface area (Å²) in [6, 6.07) is 23.8. The highest BCUT2D eigenvalue weighted by molar-refractivity contribution is 7.92. The fourth-order valence-corrected chi connectivity index (χ4v) is 7.98. The molecule has 0 amide bonds. The van der Waals surface area contributed by atoms with E-state index in [-0.39, 0.29) is 22.6 Å². The molecule has 0 unspecified atom stereocenters. The van der Waals surface area contributed by atoms with Gasteiger partial charge in [-0.2, -0.15) is 5.26 Å². The molecule has 0 saturated carbocycles. The van der Waals surface area contributed by atoms with E-state index in [2.05, 4.69) is 6.07 Å². The van der Waals surface area contributed by atoms with Crippen LogP contribution in [0.3, 0.4) is 0 Å². The molecule has 0 aromatic heterocycles. The quantitative estimate of drug-likeness (QED) is 0.446. The predicted octanol–water partition coefficient (Wildman–Crippen LogP) is 4.81. The van der Waals surface area contributed by atoms with Gasteiger partial charge in [-0.05, 0) is 56.2 Å². The standard InChI is InChI=1S/C28H28N2O4S2/c1-21-8-12-24(13-9-21)35(31,32)28-17-19-30(36(33,34)25-14-10-22(2)11-15-25)27(26(28)16-18-29)20-23-6-4-3-5-7-23/h3-15,17,19,26-28H,16,20H2,1-2H3/t26-,27-,28-/m0/s1. The predicted molar refractivity (Wildman–Crippen MR) is 139 cm³/mol. The molecule has 3 atom stereocenters. The fraction of sp³-hybridized carbons (Fsp3) is 0.250. The Morgan fingerprint density at radius 3 is 1.92 bits per heavy atom. The lowest BCUT2D eigenvalue weighted by Gasteiger charge is -2.41. The molecule has 1 heterocycles. The molecule has 0 bridgehead atoms. The molecule has 3 aromatic carbocycles. The molecule has 36 heavy (non-hydrogen) atoms. The van der Waals surface area contributed by atoms with E-state index in [1.165, 1.54) is 16.6 Å². The van der Waals surface area contributed by atoms with Crippen molar-refractivity contribution in [2.24, 2.45) is 5.92 Å². The van der Waals surface area contributed by atoms with Gasteiger partial charge in [-0.15, -0.1) is 0 Å². The molecule has 186 valence electrons. The average Bonchev–Trinajstić information content (AvgIpc) is 2.86. The van der Waals surface area contributed by atoms with Gasteiger partial charge in [0.1, 0.15) is 0 Å². The van der Waals surface area contributed by atoms with Gasteiger partial charge in [-0.25, -0.2) is 16.8 Å². The number of nitriles is 1. The maximum absolute atomic E-state index is 13.8. The van der Waals surface area contributed by atoms with Crippen molar-refractivity contribution in [1.82, 2.24) is 4.31 Å². The molecule has 4 rings (SSSR count).